The molecule has 0 atom stereocenters. The highest BCUT2D eigenvalue weighted by molar-refractivity contribution is 7.15. The van der Waals surface area contributed by atoms with Gasteiger partial charge in [0.15, 0.2) is 10.7 Å². The lowest BCUT2D eigenvalue weighted by Crippen LogP contribution is -1.92. The summed E-state index contributed by atoms with van der Waals surface area (Å²) in [6.45, 7) is 3.75. The van der Waals surface area contributed by atoms with Crippen LogP contribution in [0.1, 0.15) is 27.7 Å². The second kappa shape index (κ2) is 4.51. The van der Waals surface area contributed by atoms with Crippen LogP contribution < -0.4 is 0 Å². The molecule has 3 heterocycles. The summed E-state index contributed by atoms with van der Waals surface area (Å²) in [5, 5.41) is 1.97. The Bertz CT molecular complexity index is 776. The van der Waals surface area contributed by atoms with Crippen molar-refractivity contribution < 1.29 is 9.21 Å². The summed E-state index contributed by atoms with van der Waals surface area (Å²) < 4.78 is 7.27. The summed E-state index contributed by atoms with van der Waals surface area (Å²) >= 11 is 1.57. The normalized spacial score (nSPS) is 11.7. The number of hydrogen-bond acceptors (Lipinski definition) is 4. The standard InChI is InChI=1S/C14H12N2O2S/c1-9-3-6-13(18-9)12(17)5-4-11-10(2)15-14-16(11)7-8-19-14/h3-8H,1-2H3/b5-4+. The molecule has 0 aliphatic carbocycles. The van der Waals surface area contributed by atoms with E-state index in [1.807, 2.05) is 29.8 Å². The van der Waals surface area contributed by atoms with E-state index in [1.165, 1.54) is 6.08 Å². The van der Waals surface area contributed by atoms with Crippen molar-refractivity contribution in [2.24, 2.45) is 0 Å². The van der Waals surface area contributed by atoms with E-state index in [2.05, 4.69) is 4.98 Å². The highest BCUT2D eigenvalue weighted by atomic mass is 32.1. The van der Waals surface area contributed by atoms with Gasteiger partial charge in [-0.05, 0) is 38.1 Å². The van der Waals surface area contributed by atoms with Crippen LogP contribution in [-0.2, 0) is 0 Å². The number of aromatic nitrogens is 2. The largest absolute Gasteiger partial charge is 0.458 e. The van der Waals surface area contributed by atoms with E-state index in [-0.39, 0.29) is 5.78 Å². The zero-order valence-electron chi connectivity index (χ0n) is 10.6. The van der Waals surface area contributed by atoms with Gasteiger partial charge in [0.05, 0.1) is 11.4 Å². The van der Waals surface area contributed by atoms with Gasteiger partial charge in [-0.15, -0.1) is 11.3 Å². The minimum atomic E-state index is -0.141. The lowest BCUT2D eigenvalue weighted by atomic mass is 10.2. The summed E-state index contributed by atoms with van der Waals surface area (Å²) in [7, 11) is 0. The molecule has 96 valence electrons. The number of carbonyl (C=O) groups excluding carboxylic acids is 1. The predicted octanol–water partition coefficient (Wildman–Crippen LogP) is 3.50. The van der Waals surface area contributed by atoms with E-state index >= 15 is 0 Å². The SMILES string of the molecule is Cc1ccc(C(=O)/C=C/c2c(C)nc3sccn23)o1. The summed E-state index contributed by atoms with van der Waals surface area (Å²) in [4.78, 5) is 17.3. The number of rotatable bonds is 3. The van der Waals surface area contributed by atoms with Crippen molar-refractivity contribution in [1.82, 2.24) is 9.38 Å². The third kappa shape index (κ3) is 2.13. The number of ketones is 1. The van der Waals surface area contributed by atoms with Crippen molar-refractivity contribution in [2.75, 3.05) is 0 Å². The maximum absolute atomic E-state index is 11.9. The van der Waals surface area contributed by atoms with E-state index < -0.39 is 0 Å². The molecule has 0 amide bonds. The first-order valence-corrected chi connectivity index (χ1v) is 6.74. The van der Waals surface area contributed by atoms with Crippen LogP contribution in [0.25, 0.3) is 11.0 Å². The van der Waals surface area contributed by atoms with Gasteiger partial charge in [-0.2, -0.15) is 0 Å². The van der Waals surface area contributed by atoms with Crippen LogP contribution in [0.4, 0.5) is 0 Å². The summed E-state index contributed by atoms with van der Waals surface area (Å²) in [6, 6.07) is 3.47. The van der Waals surface area contributed by atoms with Gasteiger partial charge in [0, 0.05) is 11.6 Å². The van der Waals surface area contributed by atoms with Crippen molar-refractivity contribution >= 4 is 28.2 Å². The second-order valence-corrected chi connectivity index (χ2v) is 5.12. The fraction of sp³-hybridized carbons (Fsp3) is 0.143. The van der Waals surface area contributed by atoms with Gasteiger partial charge < -0.3 is 4.42 Å². The van der Waals surface area contributed by atoms with Crippen molar-refractivity contribution in [3.05, 3.63) is 52.7 Å². The third-order valence-corrected chi connectivity index (χ3v) is 3.62. The van der Waals surface area contributed by atoms with Crippen LogP contribution in [0.15, 0.2) is 34.2 Å². The Morgan fingerprint density at radius 3 is 3.00 bits per heavy atom. The number of aryl methyl sites for hydroxylation is 2. The average molecular weight is 272 g/mol. The second-order valence-electron chi connectivity index (χ2n) is 4.25. The first kappa shape index (κ1) is 11.9. The molecule has 4 nitrogen and oxygen atoms in total. The number of imidazole rings is 1. The van der Waals surface area contributed by atoms with Crippen molar-refractivity contribution in [3.8, 4) is 0 Å². The third-order valence-electron chi connectivity index (χ3n) is 2.86. The van der Waals surface area contributed by atoms with Crippen molar-refractivity contribution in [3.63, 3.8) is 0 Å². The Hall–Kier alpha value is -2.14. The van der Waals surface area contributed by atoms with Crippen LogP contribution in [-0.4, -0.2) is 15.2 Å². The maximum Gasteiger partial charge on any atom is 0.221 e. The smallest absolute Gasteiger partial charge is 0.221 e. The zero-order chi connectivity index (χ0) is 13.4. The number of nitrogens with zero attached hydrogens (tertiary/aromatic N) is 2. The van der Waals surface area contributed by atoms with E-state index in [9.17, 15) is 4.79 Å². The fourth-order valence-electron chi connectivity index (χ4n) is 1.92. The molecule has 0 saturated carbocycles. The van der Waals surface area contributed by atoms with Crippen LogP contribution in [0.5, 0.6) is 0 Å². The lowest BCUT2D eigenvalue weighted by Gasteiger charge is -1.93. The maximum atomic E-state index is 11.9. The molecule has 0 radical (unpaired) electrons. The van der Waals surface area contributed by atoms with Gasteiger partial charge in [0.1, 0.15) is 5.76 Å². The molecule has 0 N–H and O–H groups in total. The summed E-state index contributed by atoms with van der Waals surface area (Å²) in [6.07, 6.45) is 5.25. The average Bonchev–Trinajstić information content (AvgIpc) is 3.03. The number of hydrogen-bond donors (Lipinski definition) is 0. The molecular formula is C14H12N2O2S. The number of allylic oxidation sites excluding steroid dienone is 1. The number of furan rings is 1. The van der Waals surface area contributed by atoms with Crippen molar-refractivity contribution in [2.45, 2.75) is 13.8 Å². The van der Waals surface area contributed by atoms with Crippen molar-refractivity contribution in [1.29, 1.82) is 0 Å². The van der Waals surface area contributed by atoms with E-state index in [0.717, 1.165) is 22.1 Å². The molecule has 19 heavy (non-hydrogen) atoms. The predicted molar refractivity (Wildman–Crippen MR) is 74.6 cm³/mol. The van der Waals surface area contributed by atoms with E-state index in [0.29, 0.717) is 5.76 Å². The van der Waals surface area contributed by atoms with Crippen LogP contribution in [0.3, 0.4) is 0 Å². The summed E-state index contributed by atoms with van der Waals surface area (Å²) in [5.41, 5.74) is 1.83. The molecule has 0 bridgehead atoms. The molecule has 0 aliphatic rings. The Kier molecular flexibility index (Phi) is 2.83. The minimum absolute atomic E-state index is 0.141. The molecule has 3 aromatic heterocycles. The van der Waals surface area contributed by atoms with Gasteiger partial charge in [-0.25, -0.2) is 4.98 Å². The van der Waals surface area contributed by atoms with Crippen LogP contribution in [0.2, 0.25) is 0 Å². The number of fused-ring (bicyclic) bond motifs is 1. The van der Waals surface area contributed by atoms with Gasteiger partial charge >= 0.3 is 0 Å². The number of carbonyl (C=O) groups is 1. The topological polar surface area (TPSA) is 47.5 Å². The Balaban J connectivity index is 1.92. The Labute approximate surface area is 114 Å². The summed E-state index contributed by atoms with van der Waals surface area (Å²) in [5.74, 6) is 0.952. The number of thiazole rings is 1. The molecular weight excluding hydrogens is 260 g/mol. The van der Waals surface area contributed by atoms with Gasteiger partial charge in [0.2, 0.25) is 5.78 Å². The van der Waals surface area contributed by atoms with Crippen LogP contribution in [0, 0.1) is 13.8 Å². The Morgan fingerprint density at radius 2 is 2.26 bits per heavy atom. The lowest BCUT2D eigenvalue weighted by molar-refractivity contribution is 0.102. The van der Waals surface area contributed by atoms with Gasteiger partial charge in [0.25, 0.3) is 0 Å². The molecule has 0 aliphatic heterocycles. The molecule has 0 spiro atoms. The first-order chi connectivity index (χ1) is 9.15. The fourth-order valence-corrected chi connectivity index (χ4v) is 2.68. The van der Waals surface area contributed by atoms with E-state index in [4.69, 9.17) is 4.42 Å². The molecule has 3 rings (SSSR count). The van der Waals surface area contributed by atoms with Gasteiger partial charge in [-0.3, -0.25) is 9.20 Å². The Morgan fingerprint density at radius 1 is 1.42 bits per heavy atom. The molecule has 5 heteroatoms. The monoisotopic (exact) mass is 272 g/mol. The highest BCUT2D eigenvalue weighted by Gasteiger charge is 2.09. The molecule has 0 fully saturated rings. The van der Waals surface area contributed by atoms with Crippen LogP contribution >= 0.6 is 11.3 Å². The molecule has 0 saturated heterocycles. The quantitative estimate of drug-likeness (QED) is 0.541. The molecule has 3 aromatic rings. The highest BCUT2D eigenvalue weighted by Crippen LogP contribution is 2.18. The first-order valence-electron chi connectivity index (χ1n) is 5.86. The zero-order valence-corrected chi connectivity index (χ0v) is 11.4. The van der Waals surface area contributed by atoms with E-state index in [1.54, 1.807) is 29.5 Å². The molecule has 0 unspecified atom stereocenters. The molecule has 0 aromatic carbocycles. The van der Waals surface area contributed by atoms with Gasteiger partial charge in [-0.1, -0.05) is 0 Å². The minimum Gasteiger partial charge on any atom is -0.458 e.